The zero-order chi connectivity index (χ0) is 43.5. The van der Waals surface area contributed by atoms with Crippen molar-refractivity contribution >= 4 is 80.0 Å². The molecule has 20 heteroatoms. The number of aromatic amines is 1. The molecular formula is C41H49Cl2N9O8S. The fourth-order valence-electron chi connectivity index (χ4n) is 6.88. The van der Waals surface area contributed by atoms with E-state index < -0.39 is 6.61 Å². The molecule has 4 N–H and O–H groups in total. The highest BCUT2D eigenvalue weighted by molar-refractivity contribution is 7.16. The van der Waals surface area contributed by atoms with Gasteiger partial charge in [0.05, 0.1) is 45.7 Å². The monoisotopic (exact) mass is 897 g/mol. The largest absolute Gasteiger partial charge is 0.499 e. The molecule has 2 aliphatic rings. The predicted molar refractivity (Wildman–Crippen MR) is 232 cm³/mol. The van der Waals surface area contributed by atoms with Gasteiger partial charge in [0.25, 0.3) is 0 Å². The molecule has 0 saturated carbocycles. The number of carbonyl (C=O) groups is 5. The molecule has 326 valence electrons. The molecule has 0 radical (unpaired) electrons. The Balaban J connectivity index is 0.840. The normalized spacial score (nSPS) is 14.5. The molecule has 6 rings (SSSR count). The van der Waals surface area contributed by atoms with Gasteiger partial charge >= 0.3 is 0 Å². The molecule has 2 aliphatic heterocycles. The number of halogens is 2. The van der Waals surface area contributed by atoms with Crippen LogP contribution in [0.5, 0.6) is 0 Å². The number of carbonyl (C=O) groups excluding carboxylic acids is 5. The zero-order valence-electron chi connectivity index (χ0n) is 34.0. The summed E-state index contributed by atoms with van der Waals surface area (Å²) < 4.78 is 12.4. The van der Waals surface area contributed by atoms with Crippen LogP contribution in [0, 0.1) is 0 Å². The topological polar surface area (TPSA) is 195 Å². The first-order valence-corrected chi connectivity index (χ1v) is 21.3. The van der Waals surface area contributed by atoms with E-state index in [0.29, 0.717) is 78.9 Å². The maximum Gasteiger partial charge on any atom is 0.248 e. The number of nitrogens with zero attached hydrogens (tertiary/aromatic N) is 6. The van der Waals surface area contributed by atoms with E-state index in [9.17, 15) is 29.1 Å². The van der Waals surface area contributed by atoms with Crippen molar-refractivity contribution in [3.63, 3.8) is 0 Å². The molecule has 4 aromatic rings. The first kappa shape index (κ1) is 45.3. The number of benzene rings is 1. The van der Waals surface area contributed by atoms with Gasteiger partial charge < -0.3 is 49.8 Å². The van der Waals surface area contributed by atoms with Gasteiger partial charge in [-0.1, -0.05) is 29.3 Å². The first-order valence-electron chi connectivity index (χ1n) is 19.7. The number of rotatable bonds is 19. The Labute approximate surface area is 366 Å². The van der Waals surface area contributed by atoms with Crippen LogP contribution in [0.1, 0.15) is 16.1 Å². The molecule has 5 heterocycles. The van der Waals surface area contributed by atoms with E-state index in [1.165, 1.54) is 34.4 Å². The summed E-state index contributed by atoms with van der Waals surface area (Å²) in [5.41, 5.74) is 3.75. The number of aliphatic hydroxyl groups excluding tert-OH is 1. The van der Waals surface area contributed by atoms with Crippen molar-refractivity contribution in [3.05, 3.63) is 81.1 Å². The number of hydrogen-bond acceptors (Lipinski definition) is 11. The lowest BCUT2D eigenvalue weighted by atomic mass is 9.99. The number of aliphatic hydroxyl groups is 1. The summed E-state index contributed by atoms with van der Waals surface area (Å²) in [6.07, 6.45) is 8.75. The van der Waals surface area contributed by atoms with Gasteiger partial charge in [0.15, 0.2) is 0 Å². The summed E-state index contributed by atoms with van der Waals surface area (Å²) in [7, 11) is 3.84. The lowest BCUT2D eigenvalue weighted by Crippen LogP contribution is -2.51. The van der Waals surface area contributed by atoms with Gasteiger partial charge in [-0.2, -0.15) is 5.10 Å². The standard InChI is InChI=1S/C41H49Cl2N9O8S/c1-48(2)13-3-4-35(56)50-16-17-52(36(57)25-50)38-6-5-27(61-38)7-11-44-33(54)10-18-59-20-21-60-19-12-45-34(55)24-51-15-9-32(47-51)28-22-30(42)40(43)41-39(28)29-23-49(37(58)26-53)14-8-31(29)46-41/h3-6,9-10,15,18,22,46,53H,7-8,11-14,16-17,19-21,23-26H2,1-2H3,(H,44,54)(H,45,55)/b4-3?,18-10+. The number of amides is 5. The van der Waals surface area contributed by atoms with Crippen molar-refractivity contribution in [2.24, 2.45) is 0 Å². The van der Waals surface area contributed by atoms with Crippen molar-refractivity contribution < 1.29 is 38.6 Å². The number of likely N-dealkylation sites (N-methyl/N-ethyl adjacent to an activating group) is 1. The highest BCUT2D eigenvalue weighted by Crippen LogP contribution is 2.42. The minimum Gasteiger partial charge on any atom is -0.499 e. The maximum atomic E-state index is 12.8. The third-order valence-electron chi connectivity index (χ3n) is 9.93. The second-order valence-electron chi connectivity index (χ2n) is 14.6. The Morgan fingerprint density at radius 2 is 1.85 bits per heavy atom. The molecule has 0 aliphatic carbocycles. The average Bonchev–Trinajstić information content (AvgIpc) is 4.00. The van der Waals surface area contributed by atoms with Crippen molar-refractivity contribution in [1.29, 1.82) is 0 Å². The smallest absolute Gasteiger partial charge is 0.248 e. The van der Waals surface area contributed by atoms with E-state index in [0.717, 1.165) is 26.5 Å². The fraction of sp³-hybridized carbons (Fsp3) is 0.415. The predicted octanol–water partition coefficient (Wildman–Crippen LogP) is 2.59. The molecule has 0 unspecified atom stereocenters. The molecule has 0 bridgehead atoms. The third-order valence-corrected chi connectivity index (χ3v) is 11.9. The number of thiophene rings is 1. The number of H-pyrrole nitrogens is 1. The van der Waals surface area contributed by atoms with Crippen LogP contribution in [0.2, 0.25) is 10.0 Å². The van der Waals surface area contributed by atoms with Gasteiger partial charge in [-0.3, -0.25) is 28.7 Å². The quantitative estimate of drug-likeness (QED) is 0.0618. The zero-order valence-corrected chi connectivity index (χ0v) is 36.3. The summed E-state index contributed by atoms with van der Waals surface area (Å²) in [5.74, 6) is -1.22. The van der Waals surface area contributed by atoms with Gasteiger partial charge in [-0.15, -0.1) is 11.3 Å². The lowest BCUT2D eigenvalue weighted by molar-refractivity contribution is -0.135. The van der Waals surface area contributed by atoms with Crippen LogP contribution >= 0.6 is 34.5 Å². The number of piperazine rings is 1. The third kappa shape index (κ3) is 12.0. The van der Waals surface area contributed by atoms with Crippen LogP contribution in [0.25, 0.3) is 22.2 Å². The molecule has 0 atom stereocenters. The van der Waals surface area contributed by atoms with Gasteiger partial charge in [-0.05, 0) is 44.8 Å². The Morgan fingerprint density at radius 1 is 1.02 bits per heavy atom. The van der Waals surface area contributed by atoms with Gasteiger partial charge in [0.1, 0.15) is 26.3 Å². The van der Waals surface area contributed by atoms with Gasteiger partial charge in [0, 0.05) is 97.7 Å². The first-order chi connectivity index (χ1) is 29.4. The number of nitrogens with one attached hydrogen (secondary N) is 3. The Hall–Kier alpha value is -5.24. The van der Waals surface area contributed by atoms with E-state index in [-0.39, 0.29) is 69.0 Å². The van der Waals surface area contributed by atoms with Crippen LogP contribution in [0.4, 0.5) is 5.00 Å². The van der Waals surface area contributed by atoms with Crippen molar-refractivity contribution in [1.82, 2.24) is 40.1 Å². The van der Waals surface area contributed by atoms with Crippen LogP contribution < -0.4 is 15.5 Å². The van der Waals surface area contributed by atoms with Gasteiger partial charge in [-0.25, -0.2) is 0 Å². The SMILES string of the molecule is CN(C)CC=CC(=O)N1CCN(c2ccc(CCNC(=O)/C=C/OCCOCCNC(=O)Cn3ccc(-c4cc(Cl)c(Cl)c5[nH]c6c(c45)CN(C(=O)CO)CC6)n3)s2)C(=O)C1. The highest BCUT2D eigenvalue weighted by atomic mass is 35.5. The second-order valence-corrected chi connectivity index (χ2v) is 16.5. The fourth-order valence-corrected chi connectivity index (χ4v) is 8.33. The van der Waals surface area contributed by atoms with E-state index >= 15 is 0 Å². The van der Waals surface area contributed by atoms with Crippen molar-refractivity contribution in [3.8, 4) is 11.3 Å². The number of anilines is 1. The Kier molecular flexibility index (Phi) is 16.0. The number of aromatic nitrogens is 3. The van der Waals surface area contributed by atoms with Crippen molar-refractivity contribution in [2.75, 3.05) is 91.2 Å². The number of ether oxygens (including phenoxy) is 2. The lowest BCUT2D eigenvalue weighted by Gasteiger charge is -2.33. The molecule has 5 amide bonds. The average molecular weight is 899 g/mol. The summed E-state index contributed by atoms with van der Waals surface area (Å²) in [4.78, 5) is 73.6. The molecule has 1 fully saturated rings. The molecule has 61 heavy (non-hydrogen) atoms. The molecule has 3 aromatic heterocycles. The molecule has 1 aromatic carbocycles. The Bertz CT molecular complexity index is 2290. The van der Waals surface area contributed by atoms with Gasteiger partial charge in [0.2, 0.25) is 29.5 Å². The summed E-state index contributed by atoms with van der Waals surface area (Å²) in [6, 6.07) is 7.34. The second kappa shape index (κ2) is 21.5. The molecular weight excluding hydrogens is 849 g/mol. The summed E-state index contributed by atoms with van der Waals surface area (Å²) in [5, 5.41) is 21.9. The summed E-state index contributed by atoms with van der Waals surface area (Å²) >= 11 is 14.6. The van der Waals surface area contributed by atoms with E-state index in [1.54, 1.807) is 39.1 Å². The number of hydrogen-bond donors (Lipinski definition) is 4. The summed E-state index contributed by atoms with van der Waals surface area (Å²) in [6.45, 7) is 3.13. The minimum atomic E-state index is -0.569. The molecule has 0 spiro atoms. The van der Waals surface area contributed by atoms with Crippen LogP contribution in [0.15, 0.2) is 55.0 Å². The van der Waals surface area contributed by atoms with E-state index in [1.807, 2.05) is 31.1 Å². The molecule has 1 saturated heterocycles. The molecule has 17 nitrogen and oxygen atoms in total. The number of fused-ring (bicyclic) bond motifs is 3. The van der Waals surface area contributed by atoms with E-state index in [2.05, 4.69) is 20.7 Å². The van der Waals surface area contributed by atoms with Crippen LogP contribution in [-0.4, -0.2) is 150 Å². The highest BCUT2D eigenvalue weighted by Gasteiger charge is 2.29. The maximum absolute atomic E-state index is 12.8. The van der Waals surface area contributed by atoms with Crippen LogP contribution in [-0.2, 0) is 59.4 Å². The Morgan fingerprint density at radius 3 is 2.64 bits per heavy atom. The van der Waals surface area contributed by atoms with Crippen LogP contribution in [0.3, 0.4) is 0 Å². The van der Waals surface area contributed by atoms with Crippen molar-refractivity contribution in [2.45, 2.75) is 25.9 Å². The minimum absolute atomic E-state index is 0.0300. The van der Waals surface area contributed by atoms with E-state index in [4.69, 9.17) is 32.7 Å².